The number of amides is 1. The molecule has 4 rings (SSSR count). The molecule has 8 heteroatoms. The molecule has 4 heterocycles. The van der Waals surface area contributed by atoms with Gasteiger partial charge in [-0.2, -0.15) is 5.10 Å². The Morgan fingerprint density at radius 2 is 2.08 bits per heavy atom. The fourth-order valence-corrected chi connectivity index (χ4v) is 3.81. The van der Waals surface area contributed by atoms with Gasteiger partial charge in [-0.05, 0) is 31.7 Å². The van der Waals surface area contributed by atoms with Gasteiger partial charge in [0.1, 0.15) is 5.82 Å². The number of carbonyl (C=O) groups is 1. The summed E-state index contributed by atoms with van der Waals surface area (Å²) >= 11 is 0. The van der Waals surface area contributed by atoms with Crippen LogP contribution in [-0.2, 0) is 26.1 Å². The van der Waals surface area contributed by atoms with Crippen molar-refractivity contribution in [2.24, 2.45) is 0 Å². The lowest BCUT2D eigenvalue weighted by molar-refractivity contribution is 0.0727. The average molecular weight is 358 g/mol. The number of aliphatic hydroxyl groups is 1. The fourth-order valence-electron chi connectivity index (χ4n) is 3.81. The SMILES string of the molecule is CC[C@@H](O)c1cc2n(n1)CCCN(C(=O)c1nnc3n1CCCCC3)C2. The van der Waals surface area contributed by atoms with E-state index in [4.69, 9.17) is 0 Å². The third kappa shape index (κ3) is 3.13. The van der Waals surface area contributed by atoms with Crippen molar-refractivity contribution < 1.29 is 9.90 Å². The lowest BCUT2D eigenvalue weighted by Gasteiger charge is -2.20. The molecule has 0 spiro atoms. The molecular formula is C18H26N6O2. The molecule has 26 heavy (non-hydrogen) atoms. The minimum Gasteiger partial charge on any atom is -0.387 e. The highest BCUT2D eigenvalue weighted by atomic mass is 16.3. The topological polar surface area (TPSA) is 89.1 Å². The molecule has 0 radical (unpaired) electrons. The zero-order chi connectivity index (χ0) is 18.1. The van der Waals surface area contributed by atoms with Crippen LogP contribution in [0.2, 0.25) is 0 Å². The minimum absolute atomic E-state index is 0.0575. The van der Waals surface area contributed by atoms with E-state index in [-0.39, 0.29) is 5.91 Å². The molecule has 0 aromatic carbocycles. The number of aliphatic hydroxyl groups excluding tert-OH is 1. The molecule has 0 unspecified atom stereocenters. The van der Waals surface area contributed by atoms with Crippen molar-refractivity contribution in [3.63, 3.8) is 0 Å². The number of nitrogens with zero attached hydrogens (tertiary/aromatic N) is 6. The van der Waals surface area contributed by atoms with Gasteiger partial charge < -0.3 is 14.6 Å². The van der Waals surface area contributed by atoms with Crippen molar-refractivity contribution in [1.29, 1.82) is 0 Å². The molecule has 1 amide bonds. The highest BCUT2D eigenvalue weighted by molar-refractivity contribution is 5.90. The highest BCUT2D eigenvalue weighted by Crippen LogP contribution is 2.22. The zero-order valence-electron chi connectivity index (χ0n) is 15.3. The van der Waals surface area contributed by atoms with Crippen molar-refractivity contribution in [1.82, 2.24) is 29.4 Å². The number of rotatable bonds is 3. The van der Waals surface area contributed by atoms with Crippen LogP contribution >= 0.6 is 0 Å². The Morgan fingerprint density at radius 1 is 1.19 bits per heavy atom. The molecule has 2 aromatic rings. The van der Waals surface area contributed by atoms with Crippen LogP contribution in [-0.4, -0.2) is 47.0 Å². The normalized spacial score (nSPS) is 18.6. The Morgan fingerprint density at radius 3 is 2.92 bits per heavy atom. The Labute approximate surface area is 152 Å². The predicted molar refractivity (Wildman–Crippen MR) is 94.4 cm³/mol. The van der Waals surface area contributed by atoms with Gasteiger partial charge in [0.05, 0.1) is 24.0 Å². The molecule has 2 aliphatic rings. The van der Waals surface area contributed by atoms with Crippen molar-refractivity contribution in [3.05, 3.63) is 29.1 Å². The molecule has 1 atom stereocenters. The van der Waals surface area contributed by atoms with E-state index < -0.39 is 6.10 Å². The zero-order valence-corrected chi connectivity index (χ0v) is 15.3. The first-order chi connectivity index (χ1) is 12.7. The summed E-state index contributed by atoms with van der Waals surface area (Å²) in [5, 5.41) is 23.0. The van der Waals surface area contributed by atoms with Gasteiger partial charge >= 0.3 is 0 Å². The van der Waals surface area contributed by atoms with Crippen LogP contribution in [0.25, 0.3) is 0 Å². The van der Waals surface area contributed by atoms with Crippen LogP contribution in [0.4, 0.5) is 0 Å². The molecule has 2 aliphatic heterocycles. The smallest absolute Gasteiger partial charge is 0.292 e. The van der Waals surface area contributed by atoms with Gasteiger partial charge in [-0.25, -0.2) is 0 Å². The lowest BCUT2D eigenvalue weighted by Crippen LogP contribution is -2.33. The predicted octanol–water partition coefficient (Wildman–Crippen LogP) is 1.69. The number of hydrogen-bond donors (Lipinski definition) is 1. The maximum absolute atomic E-state index is 13.1. The first kappa shape index (κ1) is 17.2. The maximum Gasteiger partial charge on any atom is 0.292 e. The summed E-state index contributed by atoms with van der Waals surface area (Å²) in [5.41, 5.74) is 1.65. The minimum atomic E-state index is -0.550. The number of fused-ring (bicyclic) bond motifs is 2. The van der Waals surface area contributed by atoms with Crippen LogP contribution in [0.3, 0.4) is 0 Å². The summed E-state index contributed by atoms with van der Waals surface area (Å²) in [5.74, 6) is 1.33. The molecule has 1 N–H and O–H groups in total. The van der Waals surface area contributed by atoms with Gasteiger partial charge in [-0.1, -0.05) is 13.3 Å². The Bertz CT molecular complexity index is 796. The Hall–Kier alpha value is -2.22. The highest BCUT2D eigenvalue weighted by Gasteiger charge is 2.27. The molecule has 0 saturated heterocycles. The molecular weight excluding hydrogens is 332 g/mol. The monoisotopic (exact) mass is 358 g/mol. The van der Waals surface area contributed by atoms with Crippen molar-refractivity contribution in [2.45, 2.75) is 71.2 Å². The molecule has 0 bridgehead atoms. The summed E-state index contributed by atoms with van der Waals surface area (Å²) in [4.78, 5) is 15.0. The Kier molecular flexibility index (Phi) is 4.76. The van der Waals surface area contributed by atoms with Gasteiger partial charge in [0.15, 0.2) is 0 Å². The van der Waals surface area contributed by atoms with Gasteiger partial charge in [0, 0.05) is 26.1 Å². The van der Waals surface area contributed by atoms with E-state index in [1.807, 2.05) is 27.1 Å². The van der Waals surface area contributed by atoms with E-state index in [9.17, 15) is 9.90 Å². The second kappa shape index (κ2) is 7.19. The molecule has 0 aliphatic carbocycles. The third-order valence-corrected chi connectivity index (χ3v) is 5.35. The van der Waals surface area contributed by atoms with Gasteiger partial charge in [0.25, 0.3) is 5.91 Å². The standard InChI is InChI=1S/C18H26N6O2/c1-2-15(25)14-11-13-12-22(8-6-10-24(13)21-14)18(26)17-20-19-16-7-4-3-5-9-23(16)17/h11,15,25H,2-10,12H2,1H3/t15-/m1/s1. The first-order valence-corrected chi connectivity index (χ1v) is 9.63. The average Bonchev–Trinajstić information content (AvgIpc) is 3.09. The summed E-state index contributed by atoms with van der Waals surface area (Å²) in [6.45, 7) is 4.68. The summed E-state index contributed by atoms with van der Waals surface area (Å²) in [7, 11) is 0. The van der Waals surface area contributed by atoms with Crippen molar-refractivity contribution in [2.75, 3.05) is 6.54 Å². The van der Waals surface area contributed by atoms with E-state index in [0.717, 1.165) is 50.3 Å². The van der Waals surface area contributed by atoms with E-state index in [2.05, 4.69) is 15.3 Å². The van der Waals surface area contributed by atoms with E-state index in [1.54, 1.807) is 0 Å². The van der Waals surface area contributed by atoms with E-state index in [1.165, 1.54) is 6.42 Å². The van der Waals surface area contributed by atoms with Crippen LogP contribution in [0.15, 0.2) is 6.07 Å². The van der Waals surface area contributed by atoms with Crippen LogP contribution < -0.4 is 0 Å². The number of hydrogen-bond acceptors (Lipinski definition) is 5. The second-order valence-corrected chi connectivity index (χ2v) is 7.19. The molecule has 0 fully saturated rings. The summed E-state index contributed by atoms with van der Waals surface area (Å²) in [6.07, 6.45) is 5.15. The third-order valence-electron chi connectivity index (χ3n) is 5.35. The second-order valence-electron chi connectivity index (χ2n) is 7.19. The lowest BCUT2D eigenvalue weighted by atomic mass is 10.2. The maximum atomic E-state index is 13.1. The van der Waals surface area contributed by atoms with Crippen LogP contribution in [0, 0.1) is 0 Å². The summed E-state index contributed by atoms with van der Waals surface area (Å²) in [6, 6.07) is 1.92. The number of carbonyl (C=O) groups excluding carboxylic acids is 1. The van der Waals surface area contributed by atoms with Crippen molar-refractivity contribution in [3.8, 4) is 0 Å². The van der Waals surface area contributed by atoms with Gasteiger partial charge in [-0.15, -0.1) is 10.2 Å². The van der Waals surface area contributed by atoms with Gasteiger partial charge in [-0.3, -0.25) is 9.48 Å². The number of aryl methyl sites for hydroxylation is 2. The first-order valence-electron chi connectivity index (χ1n) is 9.63. The van der Waals surface area contributed by atoms with Crippen LogP contribution in [0.5, 0.6) is 0 Å². The Balaban J connectivity index is 1.57. The van der Waals surface area contributed by atoms with Crippen LogP contribution in [0.1, 0.15) is 73.0 Å². The van der Waals surface area contributed by atoms with E-state index in [0.29, 0.717) is 31.0 Å². The number of aromatic nitrogens is 5. The van der Waals surface area contributed by atoms with Crippen molar-refractivity contribution >= 4 is 5.91 Å². The molecule has 0 saturated carbocycles. The summed E-state index contributed by atoms with van der Waals surface area (Å²) < 4.78 is 3.93. The quantitative estimate of drug-likeness (QED) is 0.902. The fraction of sp³-hybridized carbons (Fsp3) is 0.667. The largest absolute Gasteiger partial charge is 0.387 e. The molecule has 8 nitrogen and oxygen atoms in total. The molecule has 2 aromatic heterocycles. The van der Waals surface area contributed by atoms with E-state index >= 15 is 0 Å². The van der Waals surface area contributed by atoms with Gasteiger partial charge in [0.2, 0.25) is 5.82 Å². The molecule has 140 valence electrons.